The van der Waals surface area contributed by atoms with Crippen molar-refractivity contribution in [3.63, 3.8) is 0 Å². The number of nitrogens with zero attached hydrogens (tertiary/aromatic N) is 2. The summed E-state index contributed by atoms with van der Waals surface area (Å²) in [7, 11) is 0. The van der Waals surface area contributed by atoms with Gasteiger partial charge in [0, 0.05) is 43.3 Å². The lowest BCUT2D eigenvalue weighted by atomic mass is 9.95. The van der Waals surface area contributed by atoms with E-state index >= 15 is 0 Å². The summed E-state index contributed by atoms with van der Waals surface area (Å²) in [4.78, 5) is 37.2. The minimum absolute atomic E-state index is 0.00859. The third-order valence-electron chi connectivity index (χ3n) is 5.38. The van der Waals surface area contributed by atoms with Crippen molar-refractivity contribution in [2.45, 2.75) is 39.3 Å². The number of nitrogens with one attached hydrogen (secondary N) is 3. The highest BCUT2D eigenvalue weighted by Crippen LogP contribution is 2.31. The fourth-order valence-corrected chi connectivity index (χ4v) is 3.74. The number of para-hydroxylation sites is 2. The van der Waals surface area contributed by atoms with Gasteiger partial charge in [-0.3, -0.25) is 14.9 Å². The van der Waals surface area contributed by atoms with Gasteiger partial charge in [-0.25, -0.2) is 4.79 Å². The number of amides is 3. The first-order valence-electron chi connectivity index (χ1n) is 10.8. The number of hydrogen-bond donors (Lipinski definition) is 3. The average Bonchev–Trinajstić information content (AvgIpc) is 2.78. The fraction of sp³-hybridized carbons (Fsp3) is 0.391. The first-order valence-corrected chi connectivity index (χ1v) is 10.8. The Morgan fingerprint density at radius 3 is 2.38 bits per heavy atom. The van der Waals surface area contributed by atoms with Crippen molar-refractivity contribution in [3.8, 4) is 0 Å². The van der Waals surface area contributed by atoms with E-state index in [0.717, 1.165) is 5.56 Å². The molecular formula is C23H29N5O4. The van der Waals surface area contributed by atoms with Crippen LogP contribution in [0.15, 0.2) is 48.5 Å². The van der Waals surface area contributed by atoms with Crippen molar-refractivity contribution in [2.75, 3.05) is 23.3 Å². The summed E-state index contributed by atoms with van der Waals surface area (Å²) in [5, 5.41) is 19.8. The Bertz CT molecular complexity index is 953. The van der Waals surface area contributed by atoms with Crippen LogP contribution in [0.5, 0.6) is 0 Å². The van der Waals surface area contributed by atoms with Gasteiger partial charge in [0.15, 0.2) is 0 Å². The molecule has 1 aliphatic rings. The number of anilines is 2. The smallest absolute Gasteiger partial charge is 0.319 e. The Hall–Kier alpha value is -3.62. The SMILES string of the molecule is CC(C)NC(=O)Nc1ccc(CNC(=O)C2CCN(c3ccccc3[N+](=O)[O-])CC2)cc1. The molecule has 0 bridgehead atoms. The molecule has 0 spiro atoms. The molecular weight excluding hydrogens is 410 g/mol. The van der Waals surface area contributed by atoms with Gasteiger partial charge in [-0.1, -0.05) is 24.3 Å². The van der Waals surface area contributed by atoms with Crippen LogP contribution < -0.4 is 20.9 Å². The first kappa shape index (κ1) is 23.1. The molecule has 0 unspecified atom stereocenters. The van der Waals surface area contributed by atoms with Gasteiger partial charge in [-0.2, -0.15) is 0 Å². The van der Waals surface area contributed by atoms with Crippen molar-refractivity contribution in [3.05, 3.63) is 64.2 Å². The first-order chi connectivity index (χ1) is 15.3. The average molecular weight is 440 g/mol. The molecule has 32 heavy (non-hydrogen) atoms. The molecule has 9 heteroatoms. The van der Waals surface area contributed by atoms with Crippen LogP contribution in [-0.2, 0) is 11.3 Å². The van der Waals surface area contributed by atoms with E-state index < -0.39 is 0 Å². The van der Waals surface area contributed by atoms with Crippen LogP contribution in [0.3, 0.4) is 0 Å². The van der Waals surface area contributed by atoms with Gasteiger partial charge in [-0.15, -0.1) is 0 Å². The third kappa shape index (κ3) is 6.19. The van der Waals surface area contributed by atoms with Crippen molar-refractivity contribution in [1.29, 1.82) is 0 Å². The van der Waals surface area contributed by atoms with Crippen LogP contribution in [0.25, 0.3) is 0 Å². The summed E-state index contributed by atoms with van der Waals surface area (Å²) in [6, 6.07) is 13.8. The second kappa shape index (κ2) is 10.6. The number of piperidine rings is 1. The molecule has 3 N–H and O–H groups in total. The van der Waals surface area contributed by atoms with Gasteiger partial charge in [0.05, 0.1) is 4.92 Å². The van der Waals surface area contributed by atoms with Gasteiger partial charge in [-0.05, 0) is 50.5 Å². The van der Waals surface area contributed by atoms with E-state index in [1.807, 2.05) is 30.9 Å². The standard InChI is InChI=1S/C23H29N5O4/c1-16(2)25-23(30)26-19-9-7-17(8-10-19)15-24-22(29)18-11-13-27(14-12-18)20-5-3-4-6-21(20)28(31)32/h3-10,16,18H,11-15H2,1-2H3,(H,24,29)(H2,25,26,30). The zero-order valence-corrected chi connectivity index (χ0v) is 18.3. The van der Waals surface area contributed by atoms with E-state index in [4.69, 9.17) is 0 Å². The highest BCUT2D eigenvalue weighted by Gasteiger charge is 2.27. The third-order valence-corrected chi connectivity index (χ3v) is 5.38. The molecule has 2 aromatic rings. The predicted molar refractivity (Wildman–Crippen MR) is 124 cm³/mol. The van der Waals surface area contributed by atoms with Crippen LogP contribution in [-0.4, -0.2) is 36.0 Å². The van der Waals surface area contributed by atoms with Crippen molar-refractivity contribution >= 4 is 29.0 Å². The Morgan fingerprint density at radius 2 is 1.75 bits per heavy atom. The van der Waals surface area contributed by atoms with E-state index in [2.05, 4.69) is 16.0 Å². The molecule has 1 heterocycles. The zero-order chi connectivity index (χ0) is 23.1. The van der Waals surface area contributed by atoms with Gasteiger partial charge >= 0.3 is 6.03 Å². The maximum Gasteiger partial charge on any atom is 0.319 e. The van der Waals surface area contributed by atoms with Crippen molar-refractivity contribution < 1.29 is 14.5 Å². The molecule has 3 amide bonds. The summed E-state index contributed by atoms with van der Waals surface area (Å²) in [5.41, 5.74) is 2.31. The maximum atomic E-state index is 12.6. The Kier molecular flexibility index (Phi) is 7.64. The largest absolute Gasteiger partial charge is 0.366 e. The summed E-state index contributed by atoms with van der Waals surface area (Å²) in [6.45, 7) is 5.38. The molecule has 1 saturated heterocycles. The zero-order valence-electron chi connectivity index (χ0n) is 18.3. The summed E-state index contributed by atoms with van der Waals surface area (Å²) < 4.78 is 0. The Balaban J connectivity index is 1.46. The van der Waals surface area contributed by atoms with Gasteiger partial charge in [0.25, 0.3) is 5.69 Å². The minimum Gasteiger partial charge on any atom is -0.366 e. The molecule has 0 atom stereocenters. The minimum atomic E-state index is -0.369. The number of nitro groups is 1. The van der Waals surface area contributed by atoms with Crippen LogP contribution in [0.1, 0.15) is 32.3 Å². The Morgan fingerprint density at radius 1 is 1.09 bits per heavy atom. The second-order valence-corrected chi connectivity index (χ2v) is 8.18. The highest BCUT2D eigenvalue weighted by molar-refractivity contribution is 5.89. The van der Waals surface area contributed by atoms with E-state index in [1.165, 1.54) is 6.07 Å². The number of carbonyl (C=O) groups excluding carboxylic acids is 2. The number of nitro benzene ring substituents is 1. The number of benzene rings is 2. The molecule has 9 nitrogen and oxygen atoms in total. The van der Waals surface area contributed by atoms with Crippen LogP contribution in [0, 0.1) is 16.0 Å². The molecule has 3 rings (SSSR count). The summed E-state index contributed by atoms with van der Waals surface area (Å²) in [6.07, 6.45) is 1.29. The molecule has 0 aromatic heterocycles. The normalized spacial score (nSPS) is 14.2. The molecule has 2 aromatic carbocycles. The molecule has 1 aliphatic heterocycles. The van der Waals surface area contributed by atoms with Crippen LogP contribution in [0.4, 0.5) is 21.9 Å². The molecule has 170 valence electrons. The van der Waals surface area contributed by atoms with Crippen LogP contribution in [0.2, 0.25) is 0 Å². The maximum absolute atomic E-state index is 12.6. The summed E-state index contributed by atoms with van der Waals surface area (Å²) in [5.74, 6) is -0.125. The van der Waals surface area contributed by atoms with E-state index in [-0.39, 0.29) is 34.5 Å². The predicted octanol–water partition coefficient (Wildman–Crippen LogP) is 3.66. The van der Waals surface area contributed by atoms with E-state index in [1.54, 1.807) is 30.3 Å². The second-order valence-electron chi connectivity index (χ2n) is 8.18. The fourth-order valence-electron chi connectivity index (χ4n) is 3.74. The van der Waals surface area contributed by atoms with Crippen molar-refractivity contribution in [2.24, 2.45) is 5.92 Å². The van der Waals surface area contributed by atoms with Gasteiger partial charge < -0.3 is 20.9 Å². The molecule has 0 aliphatic carbocycles. The van der Waals surface area contributed by atoms with E-state index in [0.29, 0.717) is 43.9 Å². The lowest BCUT2D eigenvalue weighted by Crippen LogP contribution is -2.40. The lowest BCUT2D eigenvalue weighted by molar-refractivity contribution is -0.384. The number of rotatable bonds is 7. The molecule has 1 fully saturated rings. The molecule has 0 radical (unpaired) electrons. The number of carbonyl (C=O) groups is 2. The van der Waals surface area contributed by atoms with E-state index in [9.17, 15) is 19.7 Å². The lowest BCUT2D eigenvalue weighted by Gasteiger charge is -2.32. The number of hydrogen-bond acceptors (Lipinski definition) is 5. The molecule has 0 saturated carbocycles. The van der Waals surface area contributed by atoms with Gasteiger partial charge in [0.1, 0.15) is 5.69 Å². The quantitative estimate of drug-likeness (QED) is 0.450. The monoisotopic (exact) mass is 439 g/mol. The highest BCUT2D eigenvalue weighted by atomic mass is 16.6. The van der Waals surface area contributed by atoms with Gasteiger partial charge in [0.2, 0.25) is 5.91 Å². The van der Waals surface area contributed by atoms with Crippen LogP contribution >= 0.6 is 0 Å². The summed E-state index contributed by atoms with van der Waals surface area (Å²) >= 11 is 0. The Labute approximate surface area is 187 Å². The van der Waals surface area contributed by atoms with Crippen molar-refractivity contribution in [1.82, 2.24) is 10.6 Å². The topological polar surface area (TPSA) is 117 Å². The number of urea groups is 1.